The summed E-state index contributed by atoms with van der Waals surface area (Å²) >= 11 is 5.43. The zero-order valence-electron chi connectivity index (χ0n) is 8.75. The van der Waals surface area contributed by atoms with Crippen molar-refractivity contribution in [2.75, 3.05) is 0 Å². The van der Waals surface area contributed by atoms with Gasteiger partial charge in [0.25, 0.3) is 0 Å². The van der Waals surface area contributed by atoms with Gasteiger partial charge in [-0.25, -0.2) is 0 Å². The molecule has 0 aliphatic rings. The fourth-order valence-corrected chi connectivity index (χ4v) is 2.65. The lowest BCUT2D eigenvalue weighted by atomic mass is 10.1. The van der Waals surface area contributed by atoms with Gasteiger partial charge in [0.05, 0.1) is 0 Å². The third-order valence-corrected chi connectivity index (χ3v) is 3.84. The normalized spacial score (nSPS) is 13.3. The van der Waals surface area contributed by atoms with E-state index in [1.807, 2.05) is 18.7 Å². The van der Waals surface area contributed by atoms with E-state index >= 15 is 0 Å². The Morgan fingerprint density at radius 1 is 1.29 bits per heavy atom. The first-order chi connectivity index (χ1) is 6.50. The summed E-state index contributed by atoms with van der Waals surface area (Å²) in [5.74, 6) is 0. The first-order valence-electron chi connectivity index (χ1n) is 4.72. The van der Waals surface area contributed by atoms with Crippen molar-refractivity contribution in [1.29, 1.82) is 0 Å². The SMILES string of the molecule is CC(C)Sc1ccc([C@@H](C)N)cc1Br. The lowest BCUT2D eigenvalue weighted by Gasteiger charge is -2.11. The molecule has 1 rings (SSSR count). The molecule has 0 saturated heterocycles. The van der Waals surface area contributed by atoms with Gasteiger partial charge in [-0.1, -0.05) is 19.9 Å². The Morgan fingerprint density at radius 2 is 1.93 bits per heavy atom. The highest BCUT2D eigenvalue weighted by Crippen LogP contribution is 2.32. The van der Waals surface area contributed by atoms with E-state index in [0.29, 0.717) is 5.25 Å². The minimum atomic E-state index is 0.101. The van der Waals surface area contributed by atoms with E-state index in [1.165, 1.54) is 10.5 Å². The van der Waals surface area contributed by atoms with E-state index in [2.05, 4.69) is 48.0 Å². The summed E-state index contributed by atoms with van der Waals surface area (Å²) in [5.41, 5.74) is 6.98. The first kappa shape index (κ1) is 12.1. The molecule has 1 aromatic carbocycles. The van der Waals surface area contributed by atoms with Crippen LogP contribution >= 0.6 is 27.7 Å². The lowest BCUT2D eigenvalue weighted by Crippen LogP contribution is -2.04. The maximum atomic E-state index is 5.81. The number of halogens is 1. The van der Waals surface area contributed by atoms with Gasteiger partial charge in [0.1, 0.15) is 0 Å². The van der Waals surface area contributed by atoms with Crippen LogP contribution in [-0.4, -0.2) is 5.25 Å². The van der Waals surface area contributed by atoms with Crippen LogP contribution in [-0.2, 0) is 0 Å². The number of rotatable bonds is 3. The Bertz CT molecular complexity index is 310. The summed E-state index contributed by atoms with van der Waals surface area (Å²) in [6, 6.07) is 6.44. The highest BCUT2D eigenvalue weighted by atomic mass is 79.9. The molecule has 0 unspecified atom stereocenters. The zero-order valence-corrected chi connectivity index (χ0v) is 11.2. The van der Waals surface area contributed by atoms with Crippen LogP contribution in [0.1, 0.15) is 32.4 Å². The van der Waals surface area contributed by atoms with Gasteiger partial charge in [0.15, 0.2) is 0 Å². The highest BCUT2D eigenvalue weighted by molar-refractivity contribution is 9.10. The Labute approximate surface area is 98.6 Å². The standard InChI is InChI=1S/C11H16BrNS/c1-7(2)14-11-5-4-9(8(3)13)6-10(11)12/h4-8H,13H2,1-3H3/t8-/m1/s1. The molecule has 0 fully saturated rings. The molecule has 0 spiro atoms. The molecule has 0 amide bonds. The monoisotopic (exact) mass is 273 g/mol. The molecule has 1 aromatic rings. The average Bonchev–Trinajstić information content (AvgIpc) is 2.07. The fraction of sp³-hybridized carbons (Fsp3) is 0.455. The topological polar surface area (TPSA) is 26.0 Å². The molecule has 0 radical (unpaired) electrons. The van der Waals surface area contributed by atoms with Crippen molar-refractivity contribution < 1.29 is 0 Å². The summed E-state index contributed by atoms with van der Waals surface area (Å²) in [7, 11) is 0. The van der Waals surface area contributed by atoms with Gasteiger partial charge in [-0.05, 0) is 40.5 Å². The Balaban J connectivity index is 2.90. The van der Waals surface area contributed by atoms with Gasteiger partial charge in [0, 0.05) is 20.7 Å². The molecule has 0 bridgehead atoms. The summed E-state index contributed by atoms with van der Waals surface area (Å²) in [6.07, 6.45) is 0. The van der Waals surface area contributed by atoms with Crippen molar-refractivity contribution in [2.24, 2.45) is 5.73 Å². The zero-order chi connectivity index (χ0) is 10.7. The highest BCUT2D eigenvalue weighted by Gasteiger charge is 2.06. The minimum Gasteiger partial charge on any atom is -0.324 e. The Hall–Kier alpha value is 0.01000. The van der Waals surface area contributed by atoms with Crippen LogP contribution < -0.4 is 5.73 Å². The van der Waals surface area contributed by atoms with Crippen LogP contribution in [0.2, 0.25) is 0 Å². The van der Waals surface area contributed by atoms with Gasteiger partial charge in [-0.3, -0.25) is 0 Å². The summed E-state index contributed by atoms with van der Waals surface area (Å²) in [4.78, 5) is 1.28. The van der Waals surface area contributed by atoms with Crippen LogP contribution in [0.5, 0.6) is 0 Å². The molecule has 0 aromatic heterocycles. The van der Waals surface area contributed by atoms with Crippen LogP contribution in [0.15, 0.2) is 27.6 Å². The van der Waals surface area contributed by atoms with E-state index in [-0.39, 0.29) is 6.04 Å². The molecule has 1 nitrogen and oxygen atoms in total. The van der Waals surface area contributed by atoms with E-state index in [4.69, 9.17) is 5.73 Å². The van der Waals surface area contributed by atoms with E-state index in [0.717, 1.165) is 4.47 Å². The van der Waals surface area contributed by atoms with E-state index in [9.17, 15) is 0 Å². The van der Waals surface area contributed by atoms with E-state index in [1.54, 1.807) is 0 Å². The lowest BCUT2D eigenvalue weighted by molar-refractivity contribution is 0.815. The summed E-state index contributed by atoms with van der Waals surface area (Å²) in [5, 5.41) is 0.604. The number of thioether (sulfide) groups is 1. The van der Waals surface area contributed by atoms with Crippen molar-refractivity contribution in [3.63, 3.8) is 0 Å². The first-order valence-corrected chi connectivity index (χ1v) is 6.39. The van der Waals surface area contributed by atoms with Gasteiger partial charge in [-0.15, -0.1) is 11.8 Å². The fourth-order valence-electron chi connectivity index (χ4n) is 1.15. The Kier molecular flexibility index (Phi) is 4.48. The van der Waals surface area contributed by atoms with Crippen molar-refractivity contribution in [3.8, 4) is 0 Å². The second-order valence-electron chi connectivity index (χ2n) is 3.65. The quantitative estimate of drug-likeness (QED) is 0.844. The van der Waals surface area contributed by atoms with Gasteiger partial charge < -0.3 is 5.73 Å². The number of benzene rings is 1. The molecule has 1 atom stereocenters. The maximum Gasteiger partial charge on any atom is 0.0314 e. The largest absolute Gasteiger partial charge is 0.324 e. The molecule has 3 heteroatoms. The summed E-state index contributed by atoms with van der Waals surface area (Å²) < 4.78 is 1.14. The molecule has 0 saturated carbocycles. The number of nitrogens with two attached hydrogens (primary N) is 1. The van der Waals surface area contributed by atoms with E-state index < -0.39 is 0 Å². The average molecular weight is 274 g/mol. The second kappa shape index (κ2) is 5.19. The predicted octanol–water partition coefficient (Wildman–Crippen LogP) is 3.97. The van der Waals surface area contributed by atoms with Crippen LogP contribution in [0.3, 0.4) is 0 Å². The van der Waals surface area contributed by atoms with Crippen molar-refractivity contribution >= 4 is 27.7 Å². The van der Waals surface area contributed by atoms with Crippen LogP contribution in [0.25, 0.3) is 0 Å². The molecule has 0 heterocycles. The number of hydrogen-bond acceptors (Lipinski definition) is 2. The van der Waals surface area contributed by atoms with Crippen molar-refractivity contribution in [3.05, 3.63) is 28.2 Å². The van der Waals surface area contributed by atoms with Crippen molar-refractivity contribution in [1.82, 2.24) is 0 Å². The third kappa shape index (κ3) is 3.30. The molecule has 2 N–H and O–H groups in total. The van der Waals surface area contributed by atoms with Crippen molar-refractivity contribution in [2.45, 2.75) is 37.0 Å². The molecular weight excluding hydrogens is 258 g/mol. The van der Waals surface area contributed by atoms with Gasteiger partial charge in [0.2, 0.25) is 0 Å². The Morgan fingerprint density at radius 3 is 2.36 bits per heavy atom. The maximum absolute atomic E-state index is 5.81. The smallest absolute Gasteiger partial charge is 0.0314 e. The van der Waals surface area contributed by atoms with Crippen LogP contribution in [0, 0.1) is 0 Å². The summed E-state index contributed by atoms with van der Waals surface area (Å²) in [6.45, 7) is 6.38. The second-order valence-corrected chi connectivity index (χ2v) is 6.12. The van der Waals surface area contributed by atoms with Crippen LogP contribution in [0.4, 0.5) is 0 Å². The minimum absolute atomic E-state index is 0.101. The third-order valence-electron chi connectivity index (χ3n) is 1.84. The molecule has 0 aliphatic heterocycles. The molecule has 0 aliphatic carbocycles. The van der Waals surface area contributed by atoms with Gasteiger partial charge in [-0.2, -0.15) is 0 Å². The number of hydrogen-bond donors (Lipinski definition) is 1. The predicted molar refractivity (Wildman–Crippen MR) is 67.7 cm³/mol. The van der Waals surface area contributed by atoms with Gasteiger partial charge >= 0.3 is 0 Å². The molecule has 14 heavy (non-hydrogen) atoms. The molecule has 78 valence electrons. The molecular formula is C11H16BrNS.